The Bertz CT molecular complexity index is 1080. The molecule has 3 aromatic rings. The van der Waals surface area contributed by atoms with E-state index in [2.05, 4.69) is 0 Å². The summed E-state index contributed by atoms with van der Waals surface area (Å²) in [5.74, 6) is 0. The number of hydrogen-bond acceptors (Lipinski definition) is 8. The Kier molecular flexibility index (Phi) is 9.87. The van der Waals surface area contributed by atoms with E-state index < -0.39 is 32.8 Å². The summed E-state index contributed by atoms with van der Waals surface area (Å²) in [7, 11) is -3.80. The summed E-state index contributed by atoms with van der Waals surface area (Å²) in [5.41, 5.74) is 3.04. The van der Waals surface area contributed by atoms with Gasteiger partial charge >= 0.3 is 8.17 Å². The monoisotopic (exact) mass is 540 g/mol. The van der Waals surface area contributed by atoms with Gasteiger partial charge in [-0.2, -0.15) is 9.05 Å². The summed E-state index contributed by atoms with van der Waals surface area (Å²) >= 11 is 0. The quantitative estimate of drug-likeness (QED) is 0.309. The lowest BCUT2D eigenvalue weighted by atomic mass is 10.1. The van der Waals surface area contributed by atoms with Crippen molar-refractivity contribution in [1.29, 1.82) is 0 Å². The molecule has 2 saturated heterocycles. The third kappa shape index (κ3) is 7.67. The molecule has 0 amide bonds. The van der Waals surface area contributed by atoms with Crippen LogP contribution < -0.4 is 4.89 Å². The Morgan fingerprint density at radius 3 is 1.74 bits per heavy atom. The number of hydrogen-bond donors (Lipinski definition) is 0. The Morgan fingerprint density at radius 2 is 1.18 bits per heavy atom. The number of rotatable bonds is 12. The molecule has 8 nitrogen and oxygen atoms in total. The van der Waals surface area contributed by atoms with Crippen molar-refractivity contribution in [1.82, 2.24) is 0 Å². The van der Waals surface area contributed by atoms with Gasteiger partial charge in [-0.3, -0.25) is 0 Å². The second-order valence-electron chi connectivity index (χ2n) is 9.14. The third-order valence-corrected chi connectivity index (χ3v) is 7.72. The summed E-state index contributed by atoms with van der Waals surface area (Å²) in [6.07, 6.45) is -2.19. The maximum atomic E-state index is 13.1. The van der Waals surface area contributed by atoms with E-state index in [1.807, 2.05) is 91.0 Å². The van der Waals surface area contributed by atoms with Gasteiger partial charge in [0, 0.05) is 6.42 Å². The molecule has 202 valence electrons. The number of benzene rings is 3. The van der Waals surface area contributed by atoms with E-state index in [-0.39, 0.29) is 19.8 Å². The first kappa shape index (κ1) is 27.3. The van der Waals surface area contributed by atoms with Crippen LogP contribution in [-0.4, -0.2) is 44.4 Å². The highest BCUT2D eigenvalue weighted by molar-refractivity contribution is 7.54. The molecule has 0 saturated carbocycles. The molecule has 3 aromatic carbocycles. The molecule has 38 heavy (non-hydrogen) atoms. The fourth-order valence-electron chi connectivity index (χ4n) is 4.33. The Morgan fingerprint density at radius 1 is 0.684 bits per heavy atom. The van der Waals surface area contributed by atoms with Gasteiger partial charge in [-0.05, 0) is 16.7 Å². The minimum absolute atomic E-state index is 0.228. The molecule has 0 radical (unpaired) electrons. The number of phosphoric acid groups is 1. The van der Waals surface area contributed by atoms with Crippen LogP contribution in [0.5, 0.6) is 0 Å². The lowest BCUT2D eigenvalue weighted by Crippen LogP contribution is -2.40. The largest absolute Gasteiger partial charge is 0.606 e. The minimum atomic E-state index is -3.80. The predicted molar refractivity (Wildman–Crippen MR) is 139 cm³/mol. The molecule has 2 aliphatic heterocycles. The van der Waals surface area contributed by atoms with E-state index in [0.717, 1.165) is 16.7 Å². The zero-order valence-electron chi connectivity index (χ0n) is 21.1. The van der Waals surface area contributed by atoms with Crippen LogP contribution >= 0.6 is 8.17 Å². The number of phosphoric ester groups is 1. The summed E-state index contributed by atoms with van der Waals surface area (Å²) < 4.78 is 41.6. The molecule has 0 unspecified atom stereocenters. The number of ether oxygens (including phenoxy) is 4. The van der Waals surface area contributed by atoms with Crippen molar-refractivity contribution in [3.8, 4) is 0 Å². The van der Waals surface area contributed by atoms with Crippen molar-refractivity contribution in [2.24, 2.45) is 0 Å². The van der Waals surface area contributed by atoms with Crippen molar-refractivity contribution in [2.45, 2.75) is 50.8 Å². The fraction of sp³-hybridized carbons (Fsp3) is 0.379. The van der Waals surface area contributed by atoms with Crippen LogP contribution in [-0.2, 0) is 52.3 Å². The zero-order chi connectivity index (χ0) is 26.0. The highest BCUT2D eigenvalue weighted by Crippen LogP contribution is 2.58. The van der Waals surface area contributed by atoms with Crippen molar-refractivity contribution in [2.75, 3.05) is 19.8 Å². The highest BCUT2D eigenvalue weighted by Gasteiger charge is 2.53. The van der Waals surface area contributed by atoms with E-state index in [1.54, 1.807) is 0 Å². The van der Waals surface area contributed by atoms with Crippen LogP contribution in [0.1, 0.15) is 23.1 Å². The maximum Gasteiger partial charge on any atom is 0.382 e. The van der Waals surface area contributed by atoms with Crippen molar-refractivity contribution in [3.63, 3.8) is 0 Å². The topological polar surface area (TPSA) is 87.7 Å². The molecule has 4 atom stereocenters. The second-order valence-corrected chi connectivity index (χ2v) is 10.8. The van der Waals surface area contributed by atoms with E-state index in [0.29, 0.717) is 26.2 Å². The molecule has 0 bridgehead atoms. The lowest BCUT2D eigenvalue weighted by Gasteiger charge is -2.31. The van der Waals surface area contributed by atoms with Gasteiger partial charge in [-0.1, -0.05) is 91.0 Å². The van der Waals surface area contributed by atoms with Crippen LogP contribution in [0.25, 0.3) is 0 Å². The van der Waals surface area contributed by atoms with Crippen molar-refractivity contribution >= 4 is 8.17 Å². The molecule has 5 rings (SSSR count). The van der Waals surface area contributed by atoms with E-state index in [1.165, 1.54) is 0 Å². The van der Waals surface area contributed by atoms with Gasteiger partial charge in [-0.25, -0.2) is 0 Å². The molecule has 2 aliphatic rings. The van der Waals surface area contributed by atoms with Gasteiger partial charge < -0.3 is 23.8 Å². The Hall–Kier alpha value is -2.23. The third-order valence-electron chi connectivity index (χ3n) is 6.25. The molecule has 2 fully saturated rings. The van der Waals surface area contributed by atoms with Crippen LogP contribution in [0.2, 0.25) is 0 Å². The standard InChI is InChI=1S/C29H33O8P/c30-38(34-17-10-18-35-38)37-29-28(33-21-25-15-8-3-9-16-25)27(32-20-24-13-6-2-7-14-24)26(36-29)22-31-19-23-11-4-1-5-12-23/h1-9,11-16,26-29H,10,17-22H2/t26-,27-,28+,29-/m1/s1. The average Bonchev–Trinajstić information content (AvgIpc) is 3.27. The molecule has 2 heterocycles. The van der Waals surface area contributed by atoms with Crippen molar-refractivity contribution < 1.29 is 37.4 Å². The second kappa shape index (κ2) is 13.7. The van der Waals surface area contributed by atoms with Crippen LogP contribution in [0.15, 0.2) is 91.0 Å². The van der Waals surface area contributed by atoms with E-state index >= 15 is 0 Å². The van der Waals surface area contributed by atoms with Gasteiger partial charge in [-0.15, -0.1) is 4.52 Å². The van der Waals surface area contributed by atoms with Gasteiger partial charge in [0.25, 0.3) is 0 Å². The summed E-state index contributed by atoms with van der Waals surface area (Å²) in [4.78, 5) is 13.1. The maximum absolute atomic E-state index is 13.1. The molecule has 0 aliphatic carbocycles. The molecule has 9 heteroatoms. The predicted octanol–water partition coefficient (Wildman–Crippen LogP) is 4.59. The van der Waals surface area contributed by atoms with Gasteiger partial charge in [0.05, 0.1) is 39.6 Å². The molecule has 0 spiro atoms. The highest BCUT2D eigenvalue weighted by atomic mass is 31.2. The fourth-order valence-corrected chi connectivity index (χ4v) is 5.65. The van der Waals surface area contributed by atoms with Gasteiger partial charge in [0.2, 0.25) is 6.29 Å². The first-order valence-electron chi connectivity index (χ1n) is 12.8. The van der Waals surface area contributed by atoms with Crippen LogP contribution in [0.3, 0.4) is 0 Å². The lowest BCUT2D eigenvalue weighted by molar-refractivity contribution is -0.278. The molecule has 0 N–H and O–H groups in total. The van der Waals surface area contributed by atoms with Gasteiger partial charge in [0.1, 0.15) is 18.3 Å². The molecular weight excluding hydrogens is 507 g/mol. The van der Waals surface area contributed by atoms with E-state index in [9.17, 15) is 4.89 Å². The first-order chi connectivity index (χ1) is 18.7. The first-order valence-corrected chi connectivity index (χ1v) is 14.3. The minimum Gasteiger partial charge on any atom is -0.606 e. The SMILES string of the molecule is [O-][P+]1(O[C@H]2O[C@H](COCc3ccccc3)[C@@H](OCc3ccccc3)[C@@H]2OCc2ccccc2)OCCCO1. The van der Waals surface area contributed by atoms with Crippen LogP contribution in [0, 0.1) is 0 Å². The zero-order valence-corrected chi connectivity index (χ0v) is 22.0. The summed E-state index contributed by atoms with van der Waals surface area (Å²) in [6.45, 7) is 1.85. The average molecular weight is 541 g/mol. The smallest absolute Gasteiger partial charge is 0.382 e. The van der Waals surface area contributed by atoms with E-state index in [4.69, 9.17) is 32.5 Å². The normalized spacial score (nSPS) is 24.9. The summed E-state index contributed by atoms with van der Waals surface area (Å²) in [5, 5.41) is 0. The molecule has 0 aromatic heterocycles. The Balaban J connectivity index is 1.33. The summed E-state index contributed by atoms with van der Waals surface area (Å²) in [6, 6.07) is 29.6. The Labute approximate surface area is 224 Å². The molecular formula is C29H33O8P. The van der Waals surface area contributed by atoms with Crippen molar-refractivity contribution in [3.05, 3.63) is 108 Å². The van der Waals surface area contributed by atoms with Crippen LogP contribution in [0.4, 0.5) is 0 Å². The van der Waals surface area contributed by atoms with Gasteiger partial charge in [0.15, 0.2) is 0 Å².